The van der Waals surface area contributed by atoms with Gasteiger partial charge in [-0.3, -0.25) is 14.6 Å². The Balaban J connectivity index is 1.58. The summed E-state index contributed by atoms with van der Waals surface area (Å²) in [6, 6.07) is 5.83. The van der Waals surface area contributed by atoms with Crippen molar-refractivity contribution in [3.8, 4) is 39.9 Å². The number of hydrogen-bond donors (Lipinski definition) is 1. The molecule has 0 fully saturated rings. The highest BCUT2D eigenvalue weighted by Gasteiger charge is 2.14. The van der Waals surface area contributed by atoms with E-state index in [1.165, 1.54) is 0 Å². The molecule has 0 aromatic carbocycles. The van der Waals surface area contributed by atoms with Crippen LogP contribution >= 0.6 is 0 Å². The van der Waals surface area contributed by atoms with Gasteiger partial charge in [-0.25, -0.2) is 4.98 Å². The van der Waals surface area contributed by atoms with E-state index in [-0.39, 0.29) is 6.04 Å². The number of rotatable bonds is 7. The molecule has 0 bridgehead atoms. The SMILES string of the molecule is COc1nc(NC(C)C)ncc1-c1cc(C)c(Oc2ccnc(-c3cnn(C)c3)c2)cn1. The molecular formula is C23H25N7O2. The quantitative estimate of drug-likeness (QED) is 0.463. The molecule has 0 atom stereocenters. The highest BCUT2D eigenvalue weighted by atomic mass is 16.5. The molecule has 0 radical (unpaired) electrons. The van der Waals surface area contributed by atoms with Crippen molar-refractivity contribution in [1.29, 1.82) is 0 Å². The van der Waals surface area contributed by atoms with Crippen molar-refractivity contribution in [2.45, 2.75) is 26.8 Å². The molecule has 4 heterocycles. The monoisotopic (exact) mass is 431 g/mol. The highest BCUT2D eigenvalue weighted by Crippen LogP contribution is 2.32. The van der Waals surface area contributed by atoms with Gasteiger partial charge in [-0.2, -0.15) is 10.1 Å². The molecule has 0 amide bonds. The van der Waals surface area contributed by atoms with Gasteiger partial charge in [0.1, 0.15) is 11.5 Å². The van der Waals surface area contributed by atoms with E-state index in [2.05, 4.69) is 30.4 Å². The fraction of sp³-hybridized carbons (Fsp3) is 0.261. The van der Waals surface area contributed by atoms with Crippen molar-refractivity contribution < 1.29 is 9.47 Å². The molecule has 4 rings (SSSR count). The molecule has 0 spiro atoms. The lowest BCUT2D eigenvalue weighted by Gasteiger charge is -2.13. The van der Waals surface area contributed by atoms with Crippen LogP contribution in [0.4, 0.5) is 5.95 Å². The standard InChI is InChI=1S/C23H25N7O2/c1-14(2)28-23-26-11-18(22(29-23)31-5)20-8-15(3)21(12-25-20)32-17-6-7-24-19(9-17)16-10-27-30(4)13-16/h6-14H,1-5H3,(H,26,28,29). The fourth-order valence-electron chi connectivity index (χ4n) is 3.14. The first-order valence-electron chi connectivity index (χ1n) is 10.2. The highest BCUT2D eigenvalue weighted by molar-refractivity contribution is 5.66. The van der Waals surface area contributed by atoms with E-state index in [0.29, 0.717) is 34.6 Å². The third-order valence-corrected chi connectivity index (χ3v) is 4.66. The summed E-state index contributed by atoms with van der Waals surface area (Å²) in [5, 5.41) is 7.36. The van der Waals surface area contributed by atoms with Gasteiger partial charge in [0.2, 0.25) is 11.8 Å². The minimum atomic E-state index is 0.217. The van der Waals surface area contributed by atoms with E-state index in [0.717, 1.165) is 16.8 Å². The second-order valence-electron chi connectivity index (χ2n) is 7.63. The first-order valence-corrected chi connectivity index (χ1v) is 10.2. The molecule has 0 unspecified atom stereocenters. The summed E-state index contributed by atoms with van der Waals surface area (Å²) in [6.45, 7) is 6.01. The van der Waals surface area contributed by atoms with Crippen LogP contribution in [-0.2, 0) is 7.05 Å². The van der Waals surface area contributed by atoms with Gasteiger partial charge >= 0.3 is 0 Å². The first-order chi connectivity index (χ1) is 15.4. The number of anilines is 1. The second kappa shape index (κ2) is 9.01. The Bertz CT molecular complexity index is 1240. The molecule has 0 aliphatic heterocycles. The van der Waals surface area contributed by atoms with Gasteiger partial charge in [0.15, 0.2) is 0 Å². The number of nitrogens with one attached hydrogen (secondary N) is 1. The Morgan fingerprint density at radius 2 is 1.88 bits per heavy atom. The number of aryl methyl sites for hydroxylation is 2. The van der Waals surface area contributed by atoms with Crippen molar-refractivity contribution in [3.05, 3.63) is 54.7 Å². The summed E-state index contributed by atoms with van der Waals surface area (Å²) in [4.78, 5) is 17.8. The normalized spacial score (nSPS) is 10.9. The predicted octanol–water partition coefficient (Wildman–Crippen LogP) is 4.26. The maximum Gasteiger partial charge on any atom is 0.227 e. The summed E-state index contributed by atoms with van der Waals surface area (Å²) in [5.41, 5.74) is 4.04. The van der Waals surface area contributed by atoms with E-state index in [1.807, 2.05) is 52.2 Å². The summed E-state index contributed by atoms with van der Waals surface area (Å²) < 4.78 is 13.3. The molecule has 4 aromatic heterocycles. The topological polar surface area (TPSA) is 99.9 Å². The number of methoxy groups -OCH3 is 1. The Kier molecular flexibility index (Phi) is 5.98. The fourth-order valence-corrected chi connectivity index (χ4v) is 3.14. The molecule has 0 saturated heterocycles. The molecule has 4 aromatic rings. The summed E-state index contributed by atoms with van der Waals surface area (Å²) in [5.74, 6) is 2.29. The molecule has 9 heteroatoms. The first kappa shape index (κ1) is 21.2. The van der Waals surface area contributed by atoms with Crippen LogP contribution in [0.3, 0.4) is 0 Å². The number of aromatic nitrogens is 6. The van der Waals surface area contributed by atoms with Crippen LogP contribution in [0.2, 0.25) is 0 Å². The van der Waals surface area contributed by atoms with Crippen LogP contribution in [0, 0.1) is 6.92 Å². The van der Waals surface area contributed by atoms with E-state index in [1.54, 1.807) is 36.6 Å². The van der Waals surface area contributed by atoms with E-state index in [9.17, 15) is 0 Å². The van der Waals surface area contributed by atoms with Gasteiger partial charge in [-0.15, -0.1) is 0 Å². The summed E-state index contributed by atoms with van der Waals surface area (Å²) >= 11 is 0. The third-order valence-electron chi connectivity index (χ3n) is 4.66. The van der Waals surface area contributed by atoms with Gasteiger partial charge in [0.25, 0.3) is 0 Å². The van der Waals surface area contributed by atoms with E-state index in [4.69, 9.17) is 9.47 Å². The van der Waals surface area contributed by atoms with Gasteiger partial charge in [0.05, 0.1) is 36.5 Å². The molecular weight excluding hydrogens is 406 g/mol. The molecule has 0 saturated carbocycles. The molecule has 32 heavy (non-hydrogen) atoms. The van der Waals surface area contributed by atoms with E-state index >= 15 is 0 Å². The average molecular weight is 432 g/mol. The maximum absolute atomic E-state index is 6.09. The number of pyridine rings is 2. The zero-order valence-corrected chi connectivity index (χ0v) is 18.7. The summed E-state index contributed by atoms with van der Waals surface area (Å²) in [7, 11) is 3.45. The molecule has 9 nitrogen and oxygen atoms in total. The number of ether oxygens (including phenoxy) is 2. The third kappa shape index (κ3) is 4.66. The van der Waals surface area contributed by atoms with Gasteiger partial charge in [-0.1, -0.05) is 0 Å². The molecule has 0 aliphatic rings. The lowest BCUT2D eigenvalue weighted by molar-refractivity contribution is 0.399. The number of hydrogen-bond acceptors (Lipinski definition) is 8. The Hall–Kier alpha value is -4.01. The van der Waals surface area contributed by atoms with E-state index < -0.39 is 0 Å². The lowest BCUT2D eigenvalue weighted by Crippen LogP contribution is -2.13. The van der Waals surface area contributed by atoms with Crippen LogP contribution in [0.5, 0.6) is 17.4 Å². The van der Waals surface area contributed by atoms with Gasteiger partial charge in [-0.05, 0) is 38.5 Å². The minimum absolute atomic E-state index is 0.217. The smallest absolute Gasteiger partial charge is 0.227 e. The average Bonchev–Trinajstić information content (AvgIpc) is 3.21. The zero-order chi connectivity index (χ0) is 22.7. The largest absolute Gasteiger partial charge is 0.480 e. The molecule has 164 valence electrons. The van der Waals surface area contributed by atoms with Crippen molar-refractivity contribution in [2.24, 2.45) is 7.05 Å². The van der Waals surface area contributed by atoms with Crippen molar-refractivity contribution in [2.75, 3.05) is 12.4 Å². The van der Waals surface area contributed by atoms with Crippen LogP contribution in [0.15, 0.2) is 49.2 Å². The van der Waals surface area contributed by atoms with Crippen molar-refractivity contribution in [1.82, 2.24) is 29.7 Å². The maximum atomic E-state index is 6.09. The number of nitrogens with zero attached hydrogens (tertiary/aromatic N) is 6. The van der Waals surface area contributed by atoms with Crippen LogP contribution < -0.4 is 14.8 Å². The van der Waals surface area contributed by atoms with Crippen LogP contribution in [-0.4, -0.2) is 42.9 Å². The van der Waals surface area contributed by atoms with Crippen LogP contribution in [0.1, 0.15) is 19.4 Å². The van der Waals surface area contributed by atoms with Gasteiger partial charge in [0, 0.05) is 43.3 Å². The summed E-state index contributed by atoms with van der Waals surface area (Å²) in [6.07, 6.45) is 8.79. The van der Waals surface area contributed by atoms with Gasteiger partial charge < -0.3 is 14.8 Å². The molecule has 0 aliphatic carbocycles. The Morgan fingerprint density at radius 3 is 2.56 bits per heavy atom. The lowest BCUT2D eigenvalue weighted by atomic mass is 10.1. The zero-order valence-electron chi connectivity index (χ0n) is 18.7. The predicted molar refractivity (Wildman–Crippen MR) is 122 cm³/mol. The second-order valence-corrected chi connectivity index (χ2v) is 7.63. The molecule has 1 N–H and O–H groups in total. The van der Waals surface area contributed by atoms with Crippen molar-refractivity contribution >= 4 is 5.95 Å². The Labute approximate surface area is 186 Å². The van der Waals surface area contributed by atoms with Crippen molar-refractivity contribution in [3.63, 3.8) is 0 Å². The van der Waals surface area contributed by atoms with Crippen LogP contribution in [0.25, 0.3) is 22.5 Å². The minimum Gasteiger partial charge on any atom is -0.480 e. The Morgan fingerprint density at radius 1 is 1.03 bits per heavy atom.